The van der Waals surface area contributed by atoms with Crippen molar-refractivity contribution in [2.24, 2.45) is 0 Å². The molecule has 0 unspecified atom stereocenters. The van der Waals surface area contributed by atoms with E-state index in [2.05, 4.69) is 28.1 Å². The molecule has 5 nitrogen and oxygen atoms in total. The number of anilines is 3. The average Bonchev–Trinajstić information content (AvgIpc) is 2.69. The number of urea groups is 1. The number of aryl methyl sites for hydroxylation is 1. The third kappa shape index (κ3) is 3.27. The SMILES string of the molecule is CNC(=O)Nc1ccc(Nc2c3ccccc3nc3ccccc23)c(C)c1. The fourth-order valence-electron chi connectivity index (χ4n) is 3.18. The number of pyridine rings is 1. The molecule has 0 saturated heterocycles. The fraction of sp³-hybridized carbons (Fsp3) is 0.0909. The maximum atomic E-state index is 11.5. The first-order chi connectivity index (χ1) is 13.2. The van der Waals surface area contributed by atoms with E-state index in [1.807, 2.05) is 61.5 Å². The maximum absolute atomic E-state index is 11.5. The molecule has 0 bridgehead atoms. The van der Waals surface area contributed by atoms with Gasteiger partial charge >= 0.3 is 6.03 Å². The molecule has 4 rings (SSSR count). The molecule has 1 aromatic heterocycles. The lowest BCUT2D eigenvalue weighted by Crippen LogP contribution is -2.24. The number of nitrogens with zero attached hydrogens (tertiary/aromatic N) is 1. The van der Waals surface area contributed by atoms with E-state index in [0.717, 1.165) is 44.4 Å². The third-order valence-corrected chi connectivity index (χ3v) is 4.56. The van der Waals surface area contributed by atoms with Crippen LogP contribution in [0, 0.1) is 6.92 Å². The van der Waals surface area contributed by atoms with E-state index < -0.39 is 0 Å². The summed E-state index contributed by atoms with van der Waals surface area (Å²) in [6, 6.07) is 21.8. The van der Waals surface area contributed by atoms with E-state index in [4.69, 9.17) is 4.98 Å². The number of amides is 2. The van der Waals surface area contributed by atoms with Gasteiger partial charge in [-0.1, -0.05) is 36.4 Å². The molecule has 2 amide bonds. The van der Waals surface area contributed by atoms with Crippen molar-refractivity contribution in [3.63, 3.8) is 0 Å². The maximum Gasteiger partial charge on any atom is 0.318 e. The molecule has 5 heteroatoms. The number of carbonyl (C=O) groups is 1. The standard InChI is InChI=1S/C22H20N4O/c1-14-13-15(24-22(27)23-2)11-12-18(14)26-21-16-7-3-5-9-19(16)25-20-10-6-4-8-17(20)21/h3-13H,1-2H3,(H,25,26)(H2,23,24,27). The third-order valence-electron chi connectivity index (χ3n) is 4.56. The lowest BCUT2D eigenvalue weighted by molar-refractivity contribution is 0.254. The predicted molar refractivity (Wildman–Crippen MR) is 112 cm³/mol. The summed E-state index contributed by atoms with van der Waals surface area (Å²) < 4.78 is 0. The molecule has 3 N–H and O–H groups in total. The minimum Gasteiger partial charge on any atom is -0.354 e. The zero-order chi connectivity index (χ0) is 18.8. The molecule has 0 aliphatic carbocycles. The Bertz CT molecular complexity index is 1100. The Labute approximate surface area is 157 Å². The molecule has 0 radical (unpaired) electrons. The van der Waals surface area contributed by atoms with Crippen molar-refractivity contribution in [3.8, 4) is 0 Å². The molecule has 0 aliphatic rings. The van der Waals surface area contributed by atoms with Gasteiger partial charge < -0.3 is 16.0 Å². The van der Waals surface area contributed by atoms with Gasteiger partial charge in [0.25, 0.3) is 0 Å². The van der Waals surface area contributed by atoms with Crippen LogP contribution in [0.2, 0.25) is 0 Å². The molecular weight excluding hydrogens is 336 g/mol. The van der Waals surface area contributed by atoms with Gasteiger partial charge in [0.2, 0.25) is 0 Å². The van der Waals surface area contributed by atoms with E-state index in [1.54, 1.807) is 7.05 Å². The minimum atomic E-state index is -0.235. The van der Waals surface area contributed by atoms with Gasteiger partial charge in [-0.2, -0.15) is 0 Å². The van der Waals surface area contributed by atoms with Gasteiger partial charge in [0.15, 0.2) is 0 Å². The van der Waals surface area contributed by atoms with Gasteiger partial charge in [-0.25, -0.2) is 9.78 Å². The minimum absolute atomic E-state index is 0.235. The van der Waals surface area contributed by atoms with Crippen molar-refractivity contribution in [3.05, 3.63) is 72.3 Å². The summed E-state index contributed by atoms with van der Waals surface area (Å²) in [7, 11) is 1.60. The van der Waals surface area contributed by atoms with Crippen LogP contribution in [0.1, 0.15) is 5.56 Å². The summed E-state index contributed by atoms with van der Waals surface area (Å²) in [4.78, 5) is 16.3. The van der Waals surface area contributed by atoms with Crippen molar-refractivity contribution in [1.29, 1.82) is 0 Å². The van der Waals surface area contributed by atoms with Crippen molar-refractivity contribution in [1.82, 2.24) is 10.3 Å². The van der Waals surface area contributed by atoms with Crippen LogP contribution in [0.4, 0.5) is 21.9 Å². The van der Waals surface area contributed by atoms with Gasteiger partial charge in [0.1, 0.15) is 0 Å². The number of hydrogen-bond donors (Lipinski definition) is 3. The molecular formula is C22H20N4O. The second-order valence-corrected chi connectivity index (χ2v) is 6.38. The normalized spacial score (nSPS) is 10.7. The number of fused-ring (bicyclic) bond motifs is 2. The van der Waals surface area contributed by atoms with E-state index in [0.29, 0.717) is 0 Å². The highest BCUT2D eigenvalue weighted by molar-refractivity contribution is 6.08. The molecule has 0 fully saturated rings. The Kier molecular flexibility index (Phi) is 4.34. The van der Waals surface area contributed by atoms with Crippen LogP contribution in [0.25, 0.3) is 21.8 Å². The number of hydrogen-bond acceptors (Lipinski definition) is 3. The number of rotatable bonds is 3. The number of carbonyl (C=O) groups excluding carboxylic acids is 1. The first-order valence-electron chi connectivity index (χ1n) is 8.79. The van der Waals surface area contributed by atoms with Crippen LogP contribution in [0.3, 0.4) is 0 Å². The molecule has 134 valence electrons. The van der Waals surface area contributed by atoms with E-state index in [9.17, 15) is 4.79 Å². The smallest absolute Gasteiger partial charge is 0.318 e. The van der Waals surface area contributed by atoms with Gasteiger partial charge in [-0.15, -0.1) is 0 Å². The van der Waals surface area contributed by atoms with Crippen LogP contribution in [-0.4, -0.2) is 18.1 Å². The van der Waals surface area contributed by atoms with E-state index >= 15 is 0 Å². The first kappa shape index (κ1) is 16.8. The summed E-state index contributed by atoms with van der Waals surface area (Å²) in [6.45, 7) is 2.02. The Morgan fingerprint density at radius 3 is 2.11 bits per heavy atom. The summed E-state index contributed by atoms with van der Waals surface area (Å²) in [5, 5.41) is 11.1. The highest BCUT2D eigenvalue weighted by Crippen LogP contribution is 2.34. The van der Waals surface area contributed by atoms with Crippen molar-refractivity contribution < 1.29 is 4.79 Å². The number of benzene rings is 3. The van der Waals surface area contributed by atoms with Crippen LogP contribution >= 0.6 is 0 Å². The Balaban J connectivity index is 1.80. The fourth-order valence-corrected chi connectivity index (χ4v) is 3.18. The molecule has 3 aromatic carbocycles. The second-order valence-electron chi connectivity index (χ2n) is 6.38. The second kappa shape index (κ2) is 6.96. The van der Waals surface area contributed by atoms with E-state index in [-0.39, 0.29) is 6.03 Å². The molecule has 27 heavy (non-hydrogen) atoms. The van der Waals surface area contributed by atoms with Gasteiger partial charge in [0.05, 0.1) is 16.7 Å². The van der Waals surface area contributed by atoms with Crippen molar-refractivity contribution in [2.45, 2.75) is 6.92 Å². The van der Waals surface area contributed by atoms with E-state index in [1.165, 1.54) is 0 Å². The zero-order valence-corrected chi connectivity index (χ0v) is 15.2. The summed E-state index contributed by atoms with van der Waals surface area (Å²) in [6.07, 6.45) is 0. The highest BCUT2D eigenvalue weighted by atomic mass is 16.2. The molecule has 0 spiro atoms. The monoisotopic (exact) mass is 356 g/mol. The molecule has 1 heterocycles. The number of para-hydroxylation sites is 2. The van der Waals surface area contributed by atoms with Crippen molar-refractivity contribution >= 4 is 44.9 Å². The summed E-state index contributed by atoms with van der Waals surface area (Å²) in [5.41, 5.74) is 5.71. The molecule has 4 aromatic rings. The predicted octanol–water partition coefficient (Wildman–Crippen LogP) is 5.19. The zero-order valence-electron chi connectivity index (χ0n) is 15.2. The lowest BCUT2D eigenvalue weighted by atomic mass is 10.1. The largest absolute Gasteiger partial charge is 0.354 e. The molecule has 0 aliphatic heterocycles. The van der Waals surface area contributed by atoms with Gasteiger partial charge in [0, 0.05) is 29.2 Å². The Morgan fingerprint density at radius 2 is 1.52 bits per heavy atom. The molecule has 0 saturated carbocycles. The Hall–Kier alpha value is -3.60. The lowest BCUT2D eigenvalue weighted by Gasteiger charge is -2.16. The van der Waals surface area contributed by atoms with Crippen LogP contribution in [0.5, 0.6) is 0 Å². The van der Waals surface area contributed by atoms with Gasteiger partial charge in [-0.05, 0) is 42.8 Å². The quantitative estimate of drug-likeness (QED) is 0.443. The van der Waals surface area contributed by atoms with Crippen LogP contribution in [-0.2, 0) is 0 Å². The van der Waals surface area contributed by atoms with Crippen LogP contribution in [0.15, 0.2) is 66.7 Å². The number of aromatic nitrogens is 1. The highest BCUT2D eigenvalue weighted by Gasteiger charge is 2.10. The summed E-state index contributed by atoms with van der Waals surface area (Å²) >= 11 is 0. The summed E-state index contributed by atoms with van der Waals surface area (Å²) in [5.74, 6) is 0. The van der Waals surface area contributed by atoms with Crippen LogP contribution < -0.4 is 16.0 Å². The molecule has 0 atom stereocenters. The average molecular weight is 356 g/mol. The number of nitrogens with one attached hydrogen (secondary N) is 3. The van der Waals surface area contributed by atoms with Crippen molar-refractivity contribution in [2.75, 3.05) is 17.7 Å². The first-order valence-corrected chi connectivity index (χ1v) is 8.79. The topological polar surface area (TPSA) is 66.1 Å². The Morgan fingerprint density at radius 1 is 0.889 bits per heavy atom. The van der Waals surface area contributed by atoms with Gasteiger partial charge in [-0.3, -0.25) is 0 Å².